The number of rotatable bonds is 13. The van der Waals surface area contributed by atoms with Gasteiger partial charge in [-0.05, 0) is 91.5 Å². The first kappa shape index (κ1) is 94.1. The molecular weight excluding hydrogens is 836 g/mol. The van der Waals surface area contributed by atoms with E-state index in [0.29, 0.717) is 0 Å². The molecule has 0 saturated heterocycles. The van der Waals surface area contributed by atoms with E-state index in [1.807, 2.05) is 27.4 Å². The van der Waals surface area contributed by atoms with Crippen LogP contribution in [0.25, 0.3) is 0 Å². The van der Waals surface area contributed by atoms with Crippen LogP contribution in [0.15, 0.2) is 51.1 Å². The Hall–Kier alpha value is 2.40. The summed E-state index contributed by atoms with van der Waals surface area (Å²) in [4.78, 5) is 0. The van der Waals surface area contributed by atoms with Gasteiger partial charge in [0.2, 0.25) is 0 Å². The Labute approximate surface area is 390 Å². The highest BCUT2D eigenvalue weighted by molar-refractivity contribution is 7.18. The fraction of sp³-hybridized carbons (Fsp3) is 0.837. The van der Waals surface area contributed by atoms with Crippen LogP contribution in [0.4, 0.5) is 0 Å². The lowest BCUT2D eigenvalue weighted by atomic mass is 10.0. The molecule has 0 bridgehead atoms. The van der Waals surface area contributed by atoms with Gasteiger partial charge in [0, 0.05) is 0 Å². The van der Waals surface area contributed by atoms with Crippen molar-refractivity contribution < 1.29 is 0 Å². The number of allylic oxidation sites excluding steroid dienone is 3. The van der Waals surface area contributed by atoms with Gasteiger partial charge in [0.15, 0.2) is 0 Å². The Morgan fingerprint density at radius 1 is 0.404 bits per heavy atom. The molecule has 0 aromatic carbocycles. The van der Waals surface area contributed by atoms with Crippen molar-refractivity contribution in [1.29, 1.82) is 0 Å². The van der Waals surface area contributed by atoms with Crippen LogP contribution in [0, 0.1) is 11.8 Å². The van der Waals surface area contributed by atoms with E-state index in [1.54, 1.807) is 18.2 Å². The fourth-order valence-electron chi connectivity index (χ4n) is 1.92. The number of hydrogen-bond donors (Lipinski definition) is 0. The number of hydrogen-bond acceptors (Lipinski definition) is 0. The van der Waals surface area contributed by atoms with E-state index in [-0.39, 0.29) is 7.43 Å². The molecule has 0 fully saturated rings. The lowest BCUT2D eigenvalue weighted by Gasteiger charge is -2.09. The minimum atomic E-state index is 0. The zero-order valence-corrected chi connectivity index (χ0v) is 52.1. The van der Waals surface area contributed by atoms with Gasteiger partial charge in [0.1, 0.15) is 0 Å². The topological polar surface area (TPSA) is 0 Å². The molecule has 0 spiro atoms. The van der Waals surface area contributed by atoms with Crippen LogP contribution in [-0.4, -0.2) is 46.3 Å². The van der Waals surface area contributed by atoms with Crippen LogP contribution in [0.5, 0.6) is 0 Å². The Balaban J connectivity index is -0.0000000344. The van der Waals surface area contributed by atoms with Crippen LogP contribution in [0.2, 0.25) is 0 Å². The second kappa shape index (κ2) is 102. The Morgan fingerprint density at radius 2 is 0.614 bits per heavy atom. The second-order valence-electron chi connectivity index (χ2n) is 14.6. The minimum Gasteiger partial charge on any atom is -0.141 e. The summed E-state index contributed by atoms with van der Waals surface area (Å²) in [6.45, 7) is 59.2. The molecule has 360 valence electrons. The summed E-state index contributed by atoms with van der Waals surface area (Å²) in [6, 6.07) is 0. The zero-order valence-electron chi connectivity index (χ0n) is 42.9. The molecule has 0 aliphatic rings. The van der Waals surface area contributed by atoms with E-state index in [4.69, 9.17) is 0 Å². The zero-order chi connectivity index (χ0) is 48.1. The molecule has 0 rings (SSSR count). The van der Waals surface area contributed by atoms with E-state index in [1.165, 1.54) is 70.6 Å². The van der Waals surface area contributed by atoms with Crippen molar-refractivity contribution in [2.45, 2.75) is 249 Å². The molecule has 0 heterocycles. The molecule has 57 heavy (non-hydrogen) atoms. The maximum Gasteiger partial charge on any atom is -0.0290 e. The van der Waals surface area contributed by atoms with E-state index < -0.39 is 0 Å². The van der Waals surface area contributed by atoms with Crippen LogP contribution in [0.3, 0.4) is 0 Å². The summed E-state index contributed by atoms with van der Waals surface area (Å²) < 4.78 is 0. The van der Waals surface area contributed by atoms with Crippen LogP contribution >= 0.6 is 73.9 Å². The summed E-state index contributed by atoms with van der Waals surface area (Å²) >= 11 is 0. The Kier molecular flexibility index (Phi) is 169. The standard InChI is InChI=1S/2C7H17P.C6H15P.4C4H11P.3C3H6.C2H4.CH5P.CH4/c1-6(2)4-5-7(3)8;1-4-6(2)5-7(3)8;1-3-4-5-6(2)7;4*1-3-4(2)5;3*1-3-2;2*1-2;/h2*6-7H,4-5,8H2,1-3H3;6H,3-5,7H2,1-2H3;4*4H,3,5H2,1-2H3;3*3H,1H2,2H3;1-2H2;2H2,1H3;1H4. The van der Waals surface area contributed by atoms with Crippen molar-refractivity contribution >= 4 is 73.9 Å². The summed E-state index contributed by atoms with van der Waals surface area (Å²) in [7, 11) is 21.8. The molecule has 16 atom stereocenters. The van der Waals surface area contributed by atoms with Crippen LogP contribution < -0.4 is 0 Å². The molecule has 0 nitrogen and oxygen atoms in total. The van der Waals surface area contributed by atoms with E-state index >= 15 is 0 Å². The molecule has 0 saturated carbocycles. The third kappa shape index (κ3) is 288. The second-order valence-corrected chi connectivity index (χ2v) is 22.5. The largest absolute Gasteiger partial charge is 0.141 e. The van der Waals surface area contributed by atoms with Gasteiger partial charge in [-0.3, -0.25) is 0 Å². The quantitative estimate of drug-likeness (QED) is 0.127. The van der Waals surface area contributed by atoms with Gasteiger partial charge in [0.25, 0.3) is 0 Å². The smallest absolute Gasteiger partial charge is 0.0290 e. The monoisotopic (exact) mass is 961 g/mol. The van der Waals surface area contributed by atoms with Gasteiger partial charge in [-0.15, -0.1) is 107 Å². The van der Waals surface area contributed by atoms with Gasteiger partial charge < -0.3 is 0 Å². The highest BCUT2D eigenvalue weighted by Gasteiger charge is 2.00. The minimum absolute atomic E-state index is 0. The molecule has 0 N–H and O–H groups in total. The molecule has 0 aliphatic carbocycles. The van der Waals surface area contributed by atoms with Crippen molar-refractivity contribution in [3.63, 3.8) is 0 Å². The first-order chi connectivity index (χ1) is 25.9. The predicted molar refractivity (Wildman–Crippen MR) is 324 cm³/mol. The van der Waals surface area contributed by atoms with Crippen molar-refractivity contribution in [1.82, 2.24) is 0 Å². The molecule has 0 radical (unpaired) electrons. The van der Waals surface area contributed by atoms with Gasteiger partial charge in [-0.1, -0.05) is 194 Å². The van der Waals surface area contributed by atoms with Gasteiger partial charge in [-0.2, -0.15) is 0 Å². The highest BCUT2D eigenvalue weighted by atomic mass is 31.0. The van der Waals surface area contributed by atoms with Crippen molar-refractivity contribution in [3.8, 4) is 0 Å². The van der Waals surface area contributed by atoms with Crippen LogP contribution in [0.1, 0.15) is 210 Å². The van der Waals surface area contributed by atoms with Gasteiger partial charge >= 0.3 is 0 Å². The van der Waals surface area contributed by atoms with Gasteiger partial charge in [0.05, 0.1) is 0 Å². The SMILES string of the molecule is C.C=C.C=CC.C=CC.C=CC.CC(C)CCC(C)P.CCC(C)CC(C)P.CCC(C)P.CCC(C)P.CCC(C)P.CCC(C)P.CCCCC(C)P.CP. The fourth-order valence-corrected chi connectivity index (χ4v) is 2.82. The van der Waals surface area contributed by atoms with E-state index in [9.17, 15) is 0 Å². The highest BCUT2D eigenvalue weighted by Crippen LogP contribution is 2.14. The van der Waals surface area contributed by atoms with E-state index in [2.05, 4.69) is 218 Å². The van der Waals surface area contributed by atoms with Crippen molar-refractivity contribution in [2.75, 3.05) is 6.66 Å². The van der Waals surface area contributed by atoms with Crippen molar-refractivity contribution in [2.24, 2.45) is 11.8 Å². The molecule has 0 aromatic rings. The lowest BCUT2D eigenvalue weighted by molar-refractivity contribution is 0.515. The molecule has 0 aliphatic heterocycles. The lowest BCUT2D eigenvalue weighted by Crippen LogP contribution is -1.99. The molecule has 0 amide bonds. The molecular formula is C49H124P8. The first-order valence-electron chi connectivity index (χ1n) is 22.0. The average Bonchev–Trinajstić information content (AvgIpc) is 3.13. The number of unbranched alkanes of at least 4 members (excludes halogenated alkanes) is 1. The maximum absolute atomic E-state index is 3.36. The third-order valence-electron chi connectivity index (χ3n) is 6.26. The maximum atomic E-state index is 3.36. The van der Waals surface area contributed by atoms with Crippen LogP contribution in [-0.2, 0) is 0 Å². The Morgan fingerprint density at radius 3 is 0.667 bits per heavy atom. The van der Waals surface area contributed by atoms with Gasteiger partial charge in [-0.25, -0.2) is 0 Å². The molecule has 0 aromatic heterocycles. The molecule has 8 heteroatoms. The normalized spacial score (nSPS) is 12.4. The summed E-state index contributed by atoms with van der Waals surface area (Å²) in [5, 5.41) is 0. The van der Waals surface area contributed by atoms with E-state index in [0.717, 1.165) is 51.4 Å². The Bertz CT molecular complexity index is 493. The summed E-state index contributed by atoms with van der Waals surface area (Å²) in [6.07, 6.45) is 19.8. The summed E-state index contributed by atoms with van der Waals surface area (Å²) in [5.41, 5.74) is 5.62. The first-order valence-corrected chi connectivity index (χ1v) is 27.8. The predicted octanol–water partition coefficient (Wildman–Crippen LogP) is 20.0. The summed E-state index contributed by atoms with van der Waals surface area (Å²) in [5.74, 6) is 1.78. The average molecular weight is 961 g/mol. The molecule has 16 unspecified atom stereocenters. The third-order valence-corrected chi connectivity index (χ3v) is 9.08. The van der Waals surface area contributed by atoms with Crippen molar-refractivity contribution in [3.05, 3.63) is 51.1 Å².